The van der Waals surface area contributed by atoms with Gasteiger partial charge < -0.3 is 15.4 Å². The van der Waals surface area contributed by atoms with Gasteiger partial charge in [-0.15, -0.1) is 0 Å². The van der Waals surface area contributed by atoms with Gasteiger partial charge in [0.15, 0.2) is 5.11 Å². The molecule has 22 heavy (non-hydrogen) atoms. The zero-order chi connectivity index (χ0) is 16.3. The number of carbonyl (C=O) groups is 1. The van der Waals surface area contributed by atoms with Crippen molar-refractivity contribution in [1.29, 1.82) is 0 Å². The molecule has 2 rings (SSSR count). The van der Waals surface area contributed by atoms with E-state index < -0.39 is 5.60 Å². The van der Waals surface area contributed by atoms with Crippen molar-refractivity contribution in [2.45, 2.75) is 32.9 Å². The van der Waals surface area contributed by atoms with Crippen molar-refractivity contribution >= 4 is 34.3 Å². The number of fused-ring (bicyclic) bond motifs is 1. The van der Waals surface area contributed by atoms with Crippen LogP contribution in [0.25, 0.3) is 10.9 Å². The van der Waals surface area contributed by atoms with Crippen LogP contribution in [-0.2, 0) is 11.3 Å². The molecule has 0 spiro atoms. The summed E-state index contributed by atoms with van der Waals surface area (Å²) in [6.45, 7) is 6.09. The van der Waals surface area contributed by atoms with Gasteiger partial charge in [0, 0.05) is 25.2 Å². The summed E-state index contributed by atoms with van der Waals surface area (Å²) in [4.78, 5) is 12.4. The molecular weight excluding hydrogens is 298 g/mol. The van der Waals surface area contributed by atoms with E-state index in [0.29, 0.717) is 11.7 Å². The molecule has 2 N–H and O–H groups in total. The van der Waals surface area contributed by atoms with Crippen LogP contribution in [0.3, 0.4) is 0 Å². The number of para-hydroxylation sites is 1. The molecule has 0 amide bonds. The van der Waals surface area contributed by atoms with Crippen molar-refractivity contribution in [2.24, 2.45) is 0 Å². The Morgan fingerprint density at radius 3 is 2.64 bits per heavy atom. The summed E-state index contributed by atoms with van der Waals surface area (Å²) < 4.78 is 7.00. The molecule has 0 atom stereocenters. The Kier molecular flexibility index (Phi) is 4.71. The maximum Gasteiger partial charge on any atom is 0.419 e. The molecule has 118 valence electrons. The van der Waals surface area contributed by atoms with Crippen LogP contribution >= 0.6 is 12.2 Å². The van der Waals surface area contributed by atoms with Crippen LogP contribution in [0.2, 0.25) is 0 Å². The summed E-state index contributed by atoms with van der Waals surface area (Å²) in [6.07, 6.45) is 1.41. The van der Waals surface area contributed by atoms with Crippen molar-refractivity contribution < 1.29 is 9.53 Å². The summed E-state index contributed by atoms with van der Waals surface area (Å²) in [5.41, 5.74) is 1.28. The van der Waals surface area contributed by atoms with Crippen LogP contribution in [0.4, 0.5) is 4.79 Å². The maximum atomic E-state index is 12.4. The first-order valence-corrected chi connectivity index (χ1v) is 7.50. The summed E-state index contributed by atoms with van der Waals surface area (Å²) in [5.74, 6) is 0. The Bertz CT molecular complexity index is 701. The standard InChI is InChI=1S/C16H21N3O2S/c1-16(2,3)21-15(20)19-10-11(9-18-14(22)17-4)12-7-5-6-8-13(12)19/h5-8,10H,9H2,1-4H3,(H2,17,18,22). The number of carbonyl (C=O) groups excluding carboxylic acids is 1. The smallest absolute Gasteiger partial charge is 0.419 e. The third-order valence-electron chi connectivity index (χ3n) is 3.05. The highest BCUT2D eigenvalue weighted by atomic mass is 32.1. The second-order valence-corrected chi connectivity index (χ2v) is 6.36. The van der Waals surface area contributed by atoms with Gasteiger partial charge in [-0.05, 0) is 44.6 Å². The van der Waals surface area contributed by atoms with Crippen LogP contribution in [0, 0.1) is 0 Å². The number of hydrogen-bond acceptors (Lipinski definition) is 3. The Labute approximate surface area is 135 Å². The van der Waals surface area contributed by atoms with Crippen molar-refractivity contribution in [3.63, 3.8) is 0 Å². The lowest BCUT2D eigenvalue weighted by Crippen LogP contribution is -2.31. The number of nitrogens with one attached hydrogen (secondary N) is 2. The lowest BCUT2D eigenvalue weighted by atomic mass is 10.2. The topological polar surface area (TPSA) is 55.3 Å². The highest BCUT2D eigenvalue weighted by Gasteiger charge is 2.20. The van der Waals surface area contributed by atoms with Crippen LogP contribution in [0.15, 0.2) is 30.5 Å². The molecule has 6 heteroatoms. The van der Waals surface area contributed by atoms with Gasteiger partial charge in [-0.1, -0.05) is 18.2 Å². The minimum Gasteiger partial charge on any atom is -0.443 e. The number of nitrogens with zero attached hydrogens (tertiary/aromatic N) is 1. The average molecular weight is 319 g/mol. The van der Waals surface area contributed by atoms with Gasteiger partial charge in [0.1, 0.15) is 5.60 Å². The van der Waals surface area contributed by atoms with E-state index in [1.54, 1.807) is 17.8 Å². The zero-order valence-electron chi connectivity index (χ0n) is 13.3. The summed E-state index contributed by atoms with van der Waals surface area (Å²) in [6, 6.07) is 7.73. The molecule has 0 aliphatic rings. The predicted molar refractivity (Wildman–Crippen MR) is 92.1 cm³/mol. The first-order valence-electron chi connectivity index (χ1n) is 7.10. The molecule has 0 saturated heterocycles. The predicted octanol–water partition coefficient (Wildman–Crippen LogP) is 3.02. The quantitative estimate of drug-likeness (QED) is 0.833. The normalized spacial score (nSPS) is 11.3. The van der Waals surface area contributed by atoms with E-state index in [0.717, 1.165) is 16.5 Å². The van der Waals surface area contributed by atoms with Gasteiger partial charge in [0.25, 0.3) is 0 Å². The van der Waals surface area contributed by atoms with Gasteiger partial charge >= 0.3 is 6.09 Å². The number of benzene rings is 1. The zero-order valence-corrected chi connectivity index (χ0v) is 14.1. The first-order chi connectivity index (χ1) is 10.3. The Morgan fingerprint density at radius 2 is 2.00 bits per heavy atom. The van der Waals surface area contributed by atoms with Crippen molar-refractivity contribution in [3.05, 3.63) is 36.0 Å². The number of thiocarbonyl (C=S) groups is 1. The molecular formula is C16H21N3O2S. The molecule has 2 aromatic rings. The fourth-order valence-electron chi connectivity index (χ4n) is 2.12. The van der Waals surface area contributed by atoms with Gasteiger partial charge in [0.05, 0.1) is 5.52 Å². The Hall–Kier alpha value is -2.08. The van der Waals surface area contributed by atoms with E-state index in [2.05, 4.69) is 10.6 Å². The van der Waals surface area contributed by atoms with Crippen LogP contribution in [-0.4, -0.2) is 28.4 Å². The minimum absolute atomic E-state index is 0.383. The third-order valence-corrected chi connectivity index (χ3v) is 3.40. The second-order valence-electron chi connectivity index (χ2n) is 5.95. The minimum atomic E-state index is -0.533. The fourth-order valence-corrected chi connectivity index (χ4v) is 2.19. The molecule has 0 radical (unpaired) electrons. The lowest BCUT2D eigenvalue weighted by Gasteiger charge is -2.19. The second kappa shape index (κ2) is 6.36. The largest absolute Gasteiger partial charge is 0.443 e. The van der Waals surface area contributed by atoms with E-state index in [-0.39, 0.29) is 6.09 Å². The molecule has 0 aliphatic carbocycles. The third kappa shape index (κ3) is 3.76. The summed E-state index contributed by atoms with van der Waals surface area (Å²) >= 11 is 5.09. The van der Waals surface area contributed by atoms with Crippen molar-refractivity contribution in [1.82, 2.24) is 15.2 Å². The number of aromatic nitrogens is 1. The molecule has 0 unspecified atom stereocenters. The highest BCUT2D eigenvalue weighted by molar-refractivity contribution is 7.80. The highest BCUT2D eigenvalue weighted by Crippen LogP contribution is 2.22. The van der Waals surface area contributed by atoms with E-state index in [9.17, 15) is 4.79 Å². The molecule has 0 bridgehead atoms. The maximum absolute atomic E-state index is 12.4. The van der Waals surface area contributed by atoms with Gasteiger partial charge in [0.2, 0.25) is 0 Å². The van der Waals surface area contributed by atoms with Crippen molar-refractivity contribution in [3.8, 4) is 0 Å². The molecule has 5 nitrogen and oxygen atoms in total. The van der Waals surface area contributed by atoms with Crippen LogP contribution < -0.4 is 10.6 Å². The SMILES string of the molecule is CNC(=S)NCc1cn(C(=O)OC(C)(C)C)c2ccccc12. The molecule has 1 aromatic carbocycles. The molecule has 1 heterocycles. The Balaban J connectivity index is 2.35. The molecule has 1 aromatic heterocycles. The average Bonchev–Trinajstić information content (AvgIpc) is 2.82. The summed E-state index contributed by atoms with van der Waals surface area (Å²) in [5, 5.41) is 7.53. The number of ether oxygens (including phenoxy) is 1. The lowest BCUT2D eigenvalue weighted by molar-refractivity contribution is 0.0544. The van der Waals surface area contributed by atoms with E-state index >= 15 is 0 Å². The van der Waals surface area contributed by atoms with Gasteiger partial charge in [-0.2, -0.15) is 0 Å². The fraction of sp³-hybridized carbons (Fsp3) is 0.375. The van der Waals surface area contributed by atoms with Crippen LogP contribution in [0.5, 0.6) is 0 Å². The molecule has 0 aliphatic heterocycles. The van der Waals surface area contributed by atoms with Gasteiger partial charge in [-0.25, -0.2) is 4.79 Å². The summed E-state index contributed by atoms with van der Waals surface area (Å²) in [7, 11) is 1.76. The molecule has 0 saturated carbocycles. The van der Waals surface area contributed by atoms with Crippen LogP contribution in [0.1, 0.15) is 26.3 Å². The first kappa shape index (κ1) is 16.3. The van der Waals surface area contributed by atoms with E-state index in [1.165, 1.54) is 0 Å². The van der Waals surface area contributed by atoms with E-state index in [4.69, 9.17) is 17.0 Å². The molecule has 0 fully saturated rings. The van der Waals surface area contributed by atoms with Gasteiger partial charge in [-0.3, -0.25) is 4.57 Å². The number of rotatable bonds is 2. The number of hydrogen-bond donors (Lipinski definition) is 2. The van der Waals surface area contributed by atoms with E-state index in [1.807, 2.05) is 45.0 Å². The Morgan fingerprint density at radius 1 is 1.32 bits per heavy atom. The monoisotopic (exact) mass is 319 g/mol. The van der Waals surface area contributed by atoms with Crippen molar-refractivity contribution in [2.75, 3.05) is 7.05 Å².